The molecule has 0 spiro atoms. The van der Waals surface area contributed by atoms with E-state index in [9.17, 15) is 4.79 Å². The van der Waals surface area contributed by atoms with E-state index in [4.69, 9.17) is 4.52 Å². The topological polar surface area (TPSA) is 59.2 Å². The Morgan fingerprint density at radius 1 is 1.11 bits per heavy atom. The number of benzene rings is 2. The Morgan fingerprint density at radius 2 is 1.93 bits per heavy atom. The van der Waals surface area contributed by atoms with Gasteiger partial charge in [-0.3, -0.25) is 4.79 Å². The van der Waals surface area contributed by atoms with Crippen LogP contribution in [0.1, 0.15) is 48.3 Å². The molecule has 1 unspecified atom stereocenters. The van der Waals surface area contributed by atoms with Gasteiger partial charge < -0.3 is 9.42 Å². The summed E-state index contributed by atoms with van der Waals surface area (Å²) in [6.07, 6.45) is 4.88. The van der Waals surface area contributed by atoms with Gasteiger partial charge in [-0.05, 0) is 54.5 Å². The Balaban J connectivity index is 1.35. The predicted molar refractivity (Wildman–Crippen MR) is 107 cm³/mol. The number of rotatable bonds is 4. The van der Waals surface area contributed by atoms with Gasteiger partial charge in [0, 0.05) is 24.2 Å². The van der Waals surface area contributed by atoms with Crippen molar-refractivity contribution < 1.29 is 9.32 Å². The zero-order valence-electron chi connectivity index (χ0n) is 16.0. The van der Waals surface area contributed by atoms with Crippen LogP contribution in [-0.4, -0.2) is 22.6 Å². The van der Waals surface area contributed by atoms with Crippen molar-refractivity contribution in [2.75, 3.05) is 11.4 Å². The zero-order chi connectivity index (χ0) is 19.1. The van der Waals surface area contributed by atoms with Crippen molar-refractivity contribution in [2.24, 2.45) is 0 Å². The van der Waals surface area contributed by atoms with Gasteiger partial charge in [-0.2, -0.15) is 4.98 Å². The van der Waals surface area contributed by atoms with Gasteiger partial charge >= 0.3 is 0 Å². The second kappa shape index (κ2) is 6.89. The van der Waals surface area contributed by atoms with Gasteiger partial charge in [-0.1, -0.05) is 42.4 Å². The average Bonchev–Trinajstić information content (AvgIpc) is 3.46. The monoisotopic (exact) mass is 373 g/mol. The van der Waals surface area contributed by atoms with Gasteiger partial charge in [0.15, 0.2) is 0 Å². The van der Waals surface area contributed by atoms with Crippen molar-refractivity contribution >= 4 is 11.6 Å². The van der Waals surface area contributed by atoms with Crippen molar-refractivity contribution in [3.05, 3.63) is 65.0 Å². The van der Waals surface area contributed by atoms with Gasteiger partial charge in [-0.15, -0.1) is 0 Å². The number of aromatic nitrogens is 2. The molecule has 1 aromatic heterocycles. The molecule has 5 nitrogen and oxygen atoms in total. The minimum atomic E-state index is -0.0584. The van der Waals surface area contributed by atoms with Gasteiger partial charge in [0.1, 0.15) is 0 Å². The highest BCUT2D eigenvalue weighted by atomic mass is 16.5. The summed E-state index contributed by atoms with van der Waals surface area (Å²) in [5.41, 5.74) is 6.00. The standard InChI is InChI=1S/C23H23N3O2/c1-2-15-6-8-17(9-7-15)22-24-23(28-25-22)19-13-21(27)26(14-19)20-11-10-16-4-3-5-18(16)12-20/h6-12,19H,2-5,13-14H2,1H3. The minimum absolute atomic E-state index is 0.0584. The highest BCUT2D eigenvalue weighted by Crippen LogP contribution is 2.34. The summed E-state index contributed by atoms with van der Waals surface area (Å²) in [6.45, 7) is 2.72. The van der Waals surface area contributed by atoms with E-state index in [1.807, 2.05) is 17.0 Å². The van der Waals surface area contributed by atoms with Gasteiger partial charge in [0.2, 0.25) is 17.6 Å². The first-order chi connectivity index (χ1) is 13.7. The molecule has 0 bridgehead atoms. The van der Waals surface area contributed by atoms with Crippen LogP contribution >= 0.6 is 0 Å². The number of carbonyl (C=O) groups is 1. The fraction of sp³-hybridized carbons (Fsp3) is 0.348. The van der Waals surface area contributed by atoms with Crippen LogP contribution in [0.15, 0.2) is 47.0 Å². The van der Waals surface area contributed by atoms with E-state index in [0.717, 1.165) is 30.5 Å². The molecule has 28 heavy (non-hydrogen) atoms. The van der Waals surface area contributed by atoms with E-state index >= 15 is 0 Å². The van der Waals surface area contributed by atoms with Crippen LogP contribution in [0.4, 0.5) is 5.69 Å². The van der Waals surface area contributed by atoms with Crippen LogP contribution in [-0.2, 0) is 24.1 Å². The Bertz CT molecular complexity index is 1020. The van der Waals surface area contributed by atoms with Crippen molar-refractivity contribution in [1.29, 1.82) is 0 Å². The number of anilines is 1. The van der Waals surface area contributed by atoms with Crippen LogP contribution in [0, 0.1) is 0 Å². The van der Waals surface area contributed by atoms with E-state index in [1.165, 1.54) is 23.1 Å². The van der Waals surface area contributed by atoms with E-state index in [0.29, 0.717) is 24.7 Å². The second-order valence-corrected chi connectivity index (χ2v) is 7.72. The lowest BCUT2D eigenvalue weighted by atomic mass is 10.1. The lowest BCUT2D eigenvalue weighted by Crippen LogP contribution is -2.24. The van der Waals surface area contributed by atoms with Crippen LogP contribution in [0.3, 0.4) is 0 Å². The molecule has 1 saturated heterocycles. The lowest BCUT2D eigenvalue weighted by molar-refractivity contribution is -0.117. The highest BCUT2D eigenvalue weighted by molar-refractivity contribution is 5.96. The number of hydrogen-bond donors (Lipinski definition) is 0. The minimum Gasteiger partial charge on any atom is -0.339 e. The molecule has 5 rings (SSSR count). The summed E-state index contributed by atoms with van der Waals surface area (Å²) in [6, 6.07) is 14.6. The van der Waals surface area contributed by atoms with Crippen LogP contribution in [0.25, 0.3) is 11.4 Å². The fourth-order valence-electron chi connectivity index (χ4n) is 4.26. The van der Waals surface area contributed by atoms with E-state index < -0.39 is 0 Å². The normalized spacial score (nSPS) is 18.7. The molecular weight excluding hydrogens is 350 g/mol. The number of amides is 1. The summed E-state index contributed by atoms with van der Waals surface area (Å²) in [7, 11) is 0. The molecule has 2 aromatic carbocycles. The van der Waals surface area contributed by atoms with Gasteiger partial charge in [0.25, 0.3) is 0 Å². The SMILES string of the molecule is CCc1ccc(-c2noc(C3CC(=O)N(c4ccc5c(c4)CCC5)C3)n2)cc1. The first-order valence-electron chi connectivity index (χ1n) is 10.1. The Kier molecular flexibility index (Phi) is 4.23. The number of aryl methyl sites for hydroxylation is 3. The van der Waals surface area contributed by atoms with Crippen molar-refractivity contribution in [3.8, 4) is 11.4 Å². The van der Waals surface area contributed by atoms with Crippen LogP contribution < -0.4 is 4.90 Å². The molecule has 2 heterocycles. The number of nitrogens with zero attached hydrogens (tertiary/aromatic N) is 3. The average molecular weight is 373 g/mol. The Labute approximate surface area is 164 Å². The second-order valence-electron chi connectivity index (χ2n) is 7.72. The van der Waals surface area contributed by atoms with Crippen molar-refractivity contribution in [2.45, 2.75) is 44.9 Å². The molecular formula is C23H23N3O2. The molecule has 0 saturated carbocycles. The number of fused-ring (bicyclic) bond motifs is 1. The first kappa shape index (κ1) is 17.2. The van der Waals surface area contributed by atoms with Gasteiger partial charge in [-0.25, -0.2) is 0 Å². The number of carbonyl (C=O) groups excluding carboxylic acids is 1. The lowest BCUT2D eigenvalue weighted by Gasteiger charge is -2.17. The van der Waals surface area contributed by atoms with Gasteiger partial charge in [0.05, 0.1) is 5.92 Å². The molecule has 1 fully saturated rings. The number of hydrogen-bond acceptors (Lipinski definition) is 4. The summed E-state index contributed by atoms with van der Waals surface area (Å²) in [4.78, 5) is 19.1. The smallest absolute Gasteiger partial charge is 0.232 e. The van der Waals surface area contributed by atoms with Crippen molar-refractivity contribution in [3.63, 3.8) is 0 Å². The molecule has 142 valence electrons. The Morgan fingerprint density at radius 3 is 2.75 bits per heavy atom. The predicted octanol–water partition coefficient (Wildman–Crippen LogP) is 4.31. The molecule has 1 aliphatic carbocycles. The van der Waals surface area contributed by atoms with E-state index in [-0.39, 0.29) is 11.8 Å². The maximum Gasteiger partial charge on any atom is 0.232 e. The van der Waals surface area contributed by atoms with E-state index in [2.05, 4.69) is 47.4 Å². The first-order valence-corrected chi connectivity index (χ1v) is 10.1. The zero-order valence-corrected chi connectivity index (χ0v) is 16.0. The molecule has 2 aliphatic rings. The summed E-state index contributed by atoms with van der Waals surface area (Å²) in [5.74, 6) is 1.19. The Hall–Kier alpha value is -2.95. The molecule has 1 amide bonds. The van der Waals surface area contributed by atoms with Crippen LogP contribution in [0.5, 0.6) is 0 Å². The van der Waals surface area contributed by atoms with Crippen LogP contribution in [0.2, 0.25) is 0 Å². The largest absolute Gasteiger partial charge is 0.339 e. The molecule has 1 atom stereocenters. The highest BCUT2D eigenvalue weighted by Gasteiger charge is 2.35. The molecule has 1 aliphatic heterocycles. The molecule has 3 aromatic rings. The summed E-state index contributed by atoms with van der Waals surface area (Å²) < 4.78 is 5.53. The molecule has 0 N–H and O–H groups in total. The quantitative estimate of drug-likeness (QED) is 0.684. The summed E-state index contributed by atoms with van der Waals surface area (Å²) in [5, 5.41) is 4.14. The van der Waals surface area contributed by atoms with E-state index in [1.54, 1.807) is 0 Å². The fourth-order valence-corrected chi connectivity index (χ4v) is 4.26. The third kappa shape index (κ3) is 3.01. The third-order valence-corrected chi connectivity index (χ3v) is 5.93. The maximum atomic E-state index is 12.6. The van der Waals surface area contributed by atoms with Crippen molar-refractivity contribution in [1.82, 2.24) is 10.1 Å². The summed E-state index contributed by atoms with van der Waals surface area (Å²) >= 11 is 0. The third-order valence-electron chi connectivity index (χ3n) is 5.93. The molecule has 5 heteroatoms. The maximum absolute atomic E-state index is 12.6. The molecule has 0 radical (unpaired) electrons.